The lowest BCUT2D eigenvalue weighted by Gasteiger charge is -2.38. The van der Waals surface area contributed by atoms with Crippen LogP contribution in [0.4, 0.5) is 10.5 Å². The molecule has 3 atom stereocenters. The van der Waals surface area contributed by atoms with Gasteiger partial charge in [0.15, 0.2) is 0 Å². The molecule has 8 heteroatoms. The molecule has 168 valence electrons. The molecule has 30 heavy (non-hydrogen) atoms. The fourth-order valence-electron chi connectivity index (χ4n) is 3.42. The van der Waals surface area contributed by atoms with Gasteiger partial charge in [0.2, 0.25) is 0 Å². The third-order valence-electron chi connectivity index (χ3n) is 5.38. The summed E-state index contributed by atoms with van der Waals surface area (Å²) in [6.07, 6.45) is -0.307. The van der Waals surface area contributed by atoms with E-state index in [4.69, 9.17) is 4.74 Å². The van der Waals surface area contributed by atoms with Crippen molar-refractivity contribution >= 4 is 17.6 Å². The van der Waals surface area contributed by atoms with Gasteiger partial charge < -0.3 is 29.9 Å². The highest BCUT2D eigenvalue weighted by molar-refractivity contribution is 5.98. The molecule has 0 fully saturated rings. The molecule has 0 aromatic heterocycles. The predicted molar refractivity (Wildman–Crippen MR) is 118 cm³/mol. The van der Waals surface area contributed by atoms with Crippen LogP contribution in [-0.4, -0.2) is 85.9 Å². The molecule has 1 aromatic rings. The number of amides is 3. The number of likely N-dealkylation sites (N-methyl/N-ethyl adjacent to an activating group) is 1. The molecule has 0 spiro atoms. The Bertz CT molecular complexity index is 753. The zero-order valence-electron chi connectivity index (χ0n) is 19.2. The second kappa shape index (κ2) is 10.0. The number of aliphatic hydroxyl groups excluding tert-OH is 1. The number of urea groups is 1. The Hall–Kier alpha value is -2.48. The summed E-state index contributed by atoms with van der Waals surface area (Å²) >= 11 is 0. The van der Waals surface area contributed by atoms with Crippen molar-refractivity contribution in [3.63, 3.8) is 0 Å². The molecular weight excluding hydrogens is 384 g/mol. The van der Waals surface area contributed by atoms with Crippen LogP contribution in [0.2, 0.25) is 0 Å². The lowest BCUT2D eigenvalue weighted by molar-refractivity contribution is 0.0366. The van der Waals surface area contributed by atoms with Gasteiger partial charge in [-0.15, -0.1) is 0 Å². The summed E-state index contributed by atoms with van der Waals surface area (Å²) in [6, 6.07) is 5.09. The van der Waals surface area contributed by atoms with Crippen LogP contribution in [0.15, 0.2) is 18.2 Å². The topological polar surface area (TPSA) is 85.4 Å². The lowest BCUT2D eigenvalue weighted by atomic mass is 9.99. The maximum absolute atomic E-state index is 13.3. The highest BCUT2D eigenvalue weighted by Gasteiger charge is 2.34. The Morgan fingerprint density at radius 1 is 1.30 bits per heavy atom. The number of nitrogens with zero attached hydrogens (tertiary/aromatic N) is 3. The van der Waals surface area contributed by atoms with Crippen molar-refractivity contribution < 1.29 is 19.4 Å². The van der Waals surface area contributed by atoms with E-state index < -0.39 is 0 Å². The first-order chi connectivity index (χ1) is 14.0. The minimum atomic E-state index is -0.323. The molecule has 8 nitrogen and oxygen atoms in total. The van der Waals surface area contributed by atoms with Gasteiger partial charge in [-0.05, 0) is 39.0 Å². The van der Waals surface area contributed by atoms with Gasteiger partial charge in [-0.25, -0.2) is 4.79 Å². The van der Waals surface area contributed by atoms with Crippen molar-refractivity contribution in [2.45, 2.75) is 45.9 Å². The summed E-state index contributed by atoms with van der Waals surface area (Å²) in [5, 5.41) is 12.6. The van der Waals surface area contributed by atoms with E-state index in [1.54, 1.807) is 16.8 Å². The van der Waals surface area contributed by atoms with E-state index in [0.29, 0.717) is 24.4 Å². The standard InChI is InChI=1S/C22H36N4O4/c1-14(2)23-22(29)25(7)12-20-15(3)11-26(16(4)13-27)21(28)18-10-17(24(5)6)8-9-19(18)30-20/h8-10,14-16,20,27H,11-13H2,1-7H3,(H,23,29)/t15-,16+,20+/m1/s1. The van der Waals surface area contributed by atoms with Crippen molar-refractivity contribution in [3.8, 4) is 5.75 Å². The van der Waals surface area contributed by atoms with E-state index in [0.717, 1.165) is 5.69 Å². The maximum Gasteiger partial charge on any atom is 0.317 e. The van der Waals surface area contributed by atoms with Crippen molar-refractivity contribution in [2.24, 2.45) is 5.92 Å². The van der Waals surface area contributed by atoms with E-state index in [1.165, 1.54) is 0 Å². The first kappa shape index (κ1) is 23.8. The number of anilines is 1. The van der Waals surface area contributed by atoms with Crippen LogP contribution in [0.3, 0.4) is 0 Å². The summed E-state index contributed by atoms with van der Waals surface area (Å²) in [5.74, 6) is 0.292. The number of aliphatic hydroxyl groups is 1. The molecule has 1 aliphatic heterocycles. The minimum Gasteiger partial charge on any atom is -0.487 e. The quantitative estimate of drug-likeness (QED) is 0.736. The van der Waals surface area contributed by atoms with Gasteiger partial charge in [0.1, 0.15) is 11.9 Å². The molecule has 2 rings (SSSR count). The van der Waals surface area contributed by atoms with Gasteiger partial charge in [0.05, 0.1) is 24.8 Å². The highest BCUT2D eigenvalue weighted by atomic mass is 16.5. The number of benzene rings is 1. The van der Waals surface area contributed by atoms with Crippen LogP contribution < -0.4 is 15.0 Å². The number of carbonyl (C=O) groups is 2. The Morgan fingerprint density at radius 2 is 1.97 bits per heavy atom. The van der Waals surface area contributed by atoms with Crippen molar-refractivity contribution in [3.05, 3.63) is 23.8 Å². The zero-order chi connectivity index (χ0) is 22.6. The van der Waals surface area contributed by atoms with Gasteiger partial charge in [-0.3, -0.25) is 4.79 Å². The molecule has 0 radical (unpaired) electrons. The molecule has 2 N–H and O–H groups in total. The largest absolute Gasteiger partial charge is 0.487 e. The second-order valence-electron chi connectivity index (χ2n) is 8.68. The molecule has 1 aromatic carbocycles. The normalized spacial score (nSPS) is 20.0. The van der Waals surface area contributed by atoms with Crippen LogP contribution in [0.25, 0.3) is 0 Å². The molecule has 0 unspecified atom stereocenters. The Morgan fingerprint density at radius 3 is 2.53 bits per heavy atom. The summed E-state index contributed by atoms with van der Waals surface area (Å²) in [7, 11) is 5.57. The fourth-order valence-corrected chi connectivity index (χ4v) is 3.42. The average molecular weight is 421 g/mol. The van der Waals surface area contributed by atoms with Crippen LogP contribution in [-0.2, 0) is 0 Å². The van der Waals surface area contributed by atoms with Gasteiger partial charge in [-0.1, -0.05) is 6.92 Å². The van der Waals surface area contributed by atoms with Crippen LogP contribution in [0.5, 0.6) is 5.75 Å². The summed E-state index contributed by atoms with van der Waals surface area (Å²) < 4.78 is 6.29. The first-order valence-electron chi connectivity index (χ1n) is 10.5. The summed E-state index contributed by atoms with van der Waals surface area (Å²) in [4.78, 5) is 30.9. The summed E-state index contributed by atoms with van der Waals surface area (Å²) in [5.41, 5.74) is 1.36. The van der Waals surface area contributed by atoms with Crippen LogP contribution in [0, 0.1) is 5.92 Å². The number of fused-ring (bicyclic) bond motifs is 1. The predicted octanol–water partition coefficient (Wildman–Crippen LogP) is 2.02. The molecule has 1 aliphatic rings. The van der Waals surface area contributed by atoms with E-state index in [-0.39, 0.29) is 42.7 Å². The van der Waals surface area contributed by atoms with E-state index in [2.05, 4.69) is 5.32 Å². The van der Waals surface area contributed by atoms with E-state index in [9.17, 15) is 14.7 Å². The fraction of sp³-hybridized carbons (Fsp3) is 0.636. The van der Waals surface area contributed by atoms with Crippen molar-refractivity contribution in [2.75, 3.05) is 45.7 Å². The highest BCUT2D eigenvalue weighted by Crippen LogP contribution is 2.31. The maximum atomic E-state index is 13.3. The monoisotopic (exact) mass is 420 g/mol. The van der Waals surface area contributed by atoms with Gasteiger partial charge in [-0.2, -0.15) is 0 Å². The second-order valence-corrected chi connectivity index (χ2v) is 8.68. The van der Waals surface area contributed by atoms with E-state index >= 15 is 0 Å². The van der Waals surface area contributed by atoms with Crippen LogP contribution in [0.1, 0.15) is 38.1 Å². The minimum absolute atomic E-state index is 0.0410. The summed E-state index contributed by atoms with van der Waals surface area (Å²) in [6.45, 7) is 8.35. The van der Waals surface area contributed by atoms with Crippen molar-refractivity contribution in [1.29, 1.82) is 0 Å². The number of ether oxygens (including phenoxy) is 1. The zero-order valence-corrected chi connectivity index (χ0v) is 19.2. The van der Waals surface area contributed by atoms with Crippen molar-refractivity contribution in [1.82, 2.24) is 15.1 Å². The number of hydrogen-bond acceptors (Lipinski definition) is 5. The lowest BCUT2D eigenvalue weighted by Crippen LogP contribution is -2.51. The van der Waals surface area contributed by atoms with Gasteiger partial charge in [0, 0.05) is 45.3 Å². The van der Waals surface area contributed by atoms with Gasteiger partial charge in [0.25, 0.3) is 5.91 Å². The van der Waals surface area contributed by atoms with Crippen LogP contribution >= 0.6 is 0 Å². The number of hydrogen-bond donors (Lipinski definition) is 2. The number of carbonyl (C=O) groups excluding carboxylic acids is 2. The number of rotatable bonds is 6. The first-order valence-corrected chi connectivity index (χ1v) is 10.5. The Kier molecular flexibility index (Phi) is 7.95. The Labute approximate surface area is 179 Å². The molecule has 0 aliphatic carbocycles. The molecule has 1 heterocycles. The molecular formula is C22H36N4O4. The van der Waals surface area contributed by atoms with E-state index in [1.807, 2.05) is 64.9 Å². The van der Waals surface area contributed by atoms with Gasteiger partial charge >= 0.3 is 6.03 Å². The molecule has 0 bridgehead atoms. The third kappa shape index (κ3) is 5.56. The smallest absolute Gasteiger partial charge is 0.317 e. The third-order valence-corrected chi connectivity index (χ3v) is 5.38. The molecule has 3 amide bonds. The Balaban J connectivity index is 2.40. The molecule has 0 saturated carbocycles. The number of nitrogens with one attached hydrogen (secondary N) is 1. The molecule has 0 saturated heterocycles. The average Bonchev–Trinajstić information content (AvgIpc) is 2.68. The SMILES string of the molecule is CC(C)NC(=O)N(C)C[C@@H]1Oc2ccc(N(C)C)cc2C(=O)N([C@@H](C)CO)C[C@H]1C.